The molecule has 2 unspecified atom stereocenters. The lowest BCUT2D eigenvalue weighted by Crippen LogP contribution is -2.36. The molecule has 2 aliphatic heterocycles. The van der Waals surface area contributed by atoms with Gasteiger partial charge in [-0.05, 0) is 18.4 Å². The molecule has 3 heterocycles. The van der Waals surface area contributed by atoms with E-state index in [1.54, 1.807) is 24.2 Å². The molecule has 0 spiro atoms. The van der Waals surface area contributed by atoms with Crippen LogP contribution in [0.5, 0.6) is 0 Å². The second-order valence-electron chi connectivity index (χ2n) is 4.01. The zero-order valence-corrected chi connectivity index (χ0v) is 9.69. The van der Waals surface area contributed by atoms with Gasteiger partial charge in [-0.25, -0.2) is 9.97 Å². The van der Waals surface area contributed by atoms with Crippen LogP contribution in [0.3, 0.4) is 0 Å². The van der Waals surface area contributed by atoms with Crippen molar-refractivity contribution in [3.05, 3.63) is 24.3 Å². The first-order chi connectivity index (χ1) is 7.93. The molecule has 16 heavy (non-hydrogen) atoms. The minimum Gasteiger partial charge on any atom is -0.379 e. The molecule has 5 heteroatoms. The van der Waals surface area contributed by atoms with E-state index in [2.05, 4.69) is 9.97 Å². The Kier molecular flexibility index (Phi) is 2.88. The Morgan fingerprint density at radius 2 is 2.19 bits per heavy atom. The van der Waals surface area contributed by atoms with Crippen LogP contribution >= 0.6 is 11.8 Å². The van der Waals surface area contributed by atoms with Crippen LogP contribution in [-0.2, 0) is 4.74 Å². The van der Waals surface area contributed by atoms with Crippen LogP contribution in [0.1, 0.15) is 12.2 Å². The van der Waals surface area contributed by atoms with Crippen molar-refractivity contribution in [1.29, 1.82) is 0 Å². The number of aliphatic imine (C=N–C) groups is 1. The molecule has 0 N–H and O–H groups in total. The maximum atomic E-state index is 5.47. The SMILES string of the molecule is c1cnc(C2=NC3COCCC3CS2)nc1. The quantitative estimate of drug-likeness (QED) is 0.737. The second kappa shape index (κ2) is 4.51. The smallest absolute Gasteiger partial charge is 0.184 e. The molecule has 1 fully saturated rings. The first-order valence-electron chi connectivity index (χ1n) is 5.49. The predicted molar refractivity (Wildman–Crippen MR) is 63.7 cm³/mol. The van der Waals surface area contributed by atoms with Crippen LogP contribution < -0.4 is 0 Å². The van der Waals surface area contributed by atoms with Crippen LogP contribution in [0, 0.1) is 5.92 Å². The number of fused-ring (bicyclic) bond motifs is 1. The Hall–Kier alpha value is -0.940. The molecule has 0 radical (unpaired) electrons. The molecule has 2 aliphatic rings. The van der Waals surface area contributed by atoms with E-state index in [9.17, 15) is 0 Å². The van der Waals surface area contributed by atoms with Gasteiger partial charge in [-0.2, -0.15) is 0 Å². The average molecular weight is 235 g/mol. The number of thioether (sulfide) groups is 1. The third-order valence-corrected chi connectivity index (χ3v) is 4.10. The highest BCUT2D eigenvalue weighted by atomic mass is 32.2. The number of aromatic nitrogens is 2. The van der Waals surface area contributed by atoms with Gasteiger partial charge in [0.15, 0.2) is 5.82 Å². The largest absolute Gasteiger partial charge is 0.379 e. The highest BCUT2D eigenvalue weighted by molar-refractivity contribution is 8.14. The highest BCUT2D eigenvalue weighted by Gasteiger charge is 2.30. The van der Waals surface area contributed by atoms with E-state index >= 15 is 0 Å². The summed E-state index contributed by atoms with van der Waals surface area (Å²) in [5.41, 5.74) is 0. The van der Waals surface area contributed by atoms with E-state index in [1.165, 1.54) is 0 Å². The van der Waals surface area contributed by atoms with Gasteiger partial charge >= 0.3 is 0 Å². The van der Waals surface area contributed by atoms with E-state index in [0.29, 0.717) is 12.0 Å². The van der Waals surface area contributed by atoms with E-state index in [4.69, 9.17) is 9.73 Å². The van der Waals surface area contributed by atoms with Crippen LogP contribution in [0.2, 0.25) is 0 Å². The van der Waals surface area contributed by atoms with Crippen molar-refractivity contribution >= 4 is 16.8 Å². The van der Waals surface area contributed by atoms with Crippen LogP contribution in [-0.4, -0.2) is 40.0 Å². The third kappa shape index (κ3) is 1.97. The van der Waals surface area contributed by atoms with E-state index in [0.717, 1.165) is 36.3 Å². The summed E-state index contributed by atoms with van der Waals surface area (Å²) in [7, 11) is 0. The molecule has 0 saturated carbocycles. The standard InChI is InChI=1S/C11H13N3OS/c1-3-12-10(13-4-1)11-14-9-6-15-5-2-8(9)7-16-11/h1,3-4,8-9H,2,5-7H2. The Labute approximate surface area is 98.5 Å². The van der Waals surface area contributed by atoms with Gasteiger partial charge in [-0.1, -0.05) is 0 Å². The van der Waals surface area contributed by atoms with Crippen molar-refractivity contribution in [2.24, 2.45) is 10.9 Å². The minimum absolute atomic E-state index is 0.314. The molecule has 2 atom stereocenters. The zero-order valence-electron chi connectivity index (χ0n) is 8.87. The molecule has 0 bridgehead atoms. The van der Waals surface area contributed by atoms with Gasteiger partial charge in [-0.15, -0.1) is 11.8 Å². The summed E-state index contributed by atoms with van der Waals surface area (Å²) in [6.07, 6.45) is 4.65. The van der Waals surface area contributed by atoms with Gasteiger partial charge in [0.25, 0.3) is 0 Å². The zero-order chi connectivity index (χ0) is 10.8. The Balaban J connectivity index is 1.84. The predicted octanol–water partition coefficient (Wildman–Crippen LogP) is 1.38. The first-order valence-corrected chi connectivity index (χ1v) is 6.48. The van der Waals surface area contributed by atoms with Gasteiger partial charge in [0.05, 0.1) is 12.6 Å². The monoisotopic (exact) mass is 235 g/mol. The Bertz CT molecular complexity index is 395. The van der Waals surface area contributed by atoms with Crippen LogP contribution in [0.25, 0.3) is 0 Å². The molecule has 0 aliphatic carbocycles. The lowest BCUT2D eigenvalue weighted by atomic mass is 9.97. The maximum absolute atomic E-state index is 5.47. The minimum atomic E-state index is 0.314. The maximum Gasteiger partial charge on any atom is 0.184 e. The summed E-state index contributed by atoms with van der Waals surface area (Å²) in [5.74, 6) is 2.54. The molecule has 4 nitrogen and oxygen atoms in total. The number of rotatable bonds is 1. The summed E-state index contributed by atoms with van der Waals surface area (Å²) in [5, 5.41) is 0.965. The molecule has 1 saturated heterocycles. The molecular formula is C11H13N3OS. The fourth-order valence-corrected chi connectivity index (χ4v) is 3.22. The van der Waals surface area contributed by atoms with Crippen molar-refractivity contribution in [2.75, 3.05) is 19.0 Å². The molecule has 3 rings (SSSR count). The number of nitrogens with zero attached hydrogens (tertiary/aromatic N) is 3. The van der Waals surface area contributed by atoms with E-state index in [-0.39, 0.29) is 0 Å². The summed E-state index contributed by atoms with van der Waals surface area (Å²) in [6, 6.07) is 2.14. The van der Waals surface area contributed by atoms with Gasteiger partial charge in [0, 0.05) is 24.8 Å². The lowest BCUT2D eigenvalue weighted by molar-refractivity contribution is 0.0563. The number of ether oxygens (including phenoxy) is 1. The molecule has 0 amide bonds. The first kappa shape index (κ1) is 10.2. The molecule has 1 aromatic heterocycles. The molecule has 1 aromatic rings. The van der Waals surface area contributed by atoms with Crippen molar-refractivity contribution < 1.29 is 4.74 Å². The third-order valence-electron chi connectivity index (χ3n) is 2.94. The fraction of sp³-hybridized carbons (Fsp3) is 0.545. The summed E-state index contributed by atoms with van der Waals surface area (Å²) >= 11 is 1.77. The molecule has 0 aromatic carbocycles. The van der Waals surface area contributed by atoms with Crippen molar-refractivity contribution in [3.63, 3.8) is 0 Å². The van der Waals surface area contributed by atoms with Gasteiger partial charge in [0.1, 0.15) is 5.04 Å². The highest BCUT2D eigenvalue weighted by Crippen LogP contribution is 2.30. The summed E-state index contributed by atoms with van der Waals surface area (Å²) < 4.78 is 5.47. The molecule has 84 valence electrons. The van der Waals surface area contributed by atoms with Crippen molar-refractivity contribution in [2.45, 2.75) is 12.5 Å². The Morgan fingerprint density at radius 1 is 1.31 bits per heavy atom. The topological polar surface area (TPSA) is 47.4 Å². The van der Waals surface area contributed by atoms with E-state index in [1.807, 2.05) is 6.07 Å². The van der Waals surface area contributed by atoms with Crippen molar-refractivity contribution in [3.8, 4) is 0 Å². The second-order valence-corrected chi connectivity index (χ2v) is 5.02. The number of hydrogen-bond acceptors (Lipinski definition) is 5. The normalized spacial score (nSPS) is 29.4. The lowest BCUT2D eigenvalue weighted by Gasteiger charge is -2.32. The van der Waals surface area contributed by atoms with Gasteiger partial charge in [0.2, 0.25) is 0 Å². The van der Waals surface area contributed by atoms with Crippen molar-refractivity contribution in [1.82, 2.24) is 9.97 Å². The van der Waals surface area contributed by atoms with Gasteiger partial charge < -0.3 is 4.74 Å². The van der Waals surface area contributed by atoms with E-state index < -0.39 is 0 Å². The fourth-order valence-electron chi connectivity index (χ4n) is 2.01. The van der Waals surface area contributed by atoms with Gasteiger partial charge in [-0.3, -0.25) is 4.99 Å². The Morgan fingerprint density at radius 3 is 3.06 bits per heavy atom. The molecular weight excluding hydrogens is 222 g/mol. The van der Waals surface area contributed by atoms with Crippen LogP contribution in [0.15, 0.2) is 23.5 Å². The number of hydrogen-bond donors (Lipinski definition) is 0. The van der Waals surface area contributed by atoms with Crippen LogP contribution in [0.4, 0.5) is 0 Å². The average Bonchev–Trinajstić information content (AvgIpc) is 2.39. The summed E-state index contributed by atoms with van der Waals surface area (Å²) in [6.45, 7) is 1.63. The summed E-state index contributed by atoms with van der Waals surface area (Å²) in [4.78, 5) is 13.2.